The molecular weight excluding hydrogens is 257 g/mol. The first-order valence-electron chi connectivity index (χ1n) is 7.44. The molecule has 0 spiro atoms. The highest BCUT2D eigenvalue weighted by atomic mass is 19.1. The van der Waals surface area contributed by atoms with E-state index in [2.05, 4.69) is 5.32 Å². The summed E-state index contributed by atoms with van der Waals surface area (Å²) in [6.45, 7) is 7.02. The van der Waals surface area contributed by atoms with Crippen molar-refractivity contribution in [3.05, 3.63) is 29.6 Å². The highest BCUT2D eigenvalue weighted by molar-refractivity contribution is 5.37. The van der Waals surface area contributed by atoms with E-state index in [1.807, 2.05) is 19.9 Å². The molecular formula is C16H24FNO2. The average molecular weight is 281 g/mol. The van der Waals surface area contributed by atoms with E-state index in [9.17, 15) is 4.39 Å². The first-order valence-corrected chi connectivity index (χ1v) is 7.44. The van der Waals surface area contributed by atoms with Crippen LogP contribution in [-0.4, -0.2) is 26.4 Å². The molecule has 1 aliphatic heterocycles. The molecule has 1 heterocycles. The van der Waals surface area contributed by atoms with Crippen molar-refractivity contribution in [2.24, 2.45) is 5.92 Å². The maximum Gasteiger partial charge on any atom is 0.131 e. The van der Waals surface area contributed by atoms with Crippen molar-refractivity contribution in [2.45, 2.75) is 32.7 Å². The summed E-state index contributed by atoms with van der Waals surface area (Å²) in [5.41, 5.74) is 0.626. The number of ether oxygens (including phenoxy) is 2. The second kappa shape index (κ2) is 7.60. The van der Waals surface area contributed by atoms with Crippen LogP contribution in [-0.2, 0) is 4.74 Å². The van der Waals surface area contributed by atoms with E-state index in [-0.39, 0.29) is 11.9 Å². The van der Waals surface area contributed by atoms with E-state index in [0.29, 0.717) is 23.8 Å². The summed E-state index contributed by atoms with van der Waals surface area (Å²) < 4.78 is 25.3. The number of hydrogen-bond acceptors (Lipinski definition) is 3. The van der Waals surface area contributed by atoms with Gasteiger partial charge >= 0.3 is 0 Å². The summed E-state index contributed by atoms with van der Waals surface area (Å²) >= 11 is 0. The summed E-state index contributed by atoms with van der Waals surface area (Å²) in [7, 11) is 0. The minimum absolute atomic E-state index is 0.0501. The third-order valence-electron chi connectivity index (χ3n) is 3.77. The number of rotatable bonds is 6. The van der Waals surface area contributed by atoms with Gasteiger partial charge in [0.2, 0.25) is 0 Å². The maximum atomic E-state index is 14.0. The molecule has 2 rings (SSSR count). The topological polar surface area (TPSA) is 30.5 Å². The molecule has 1 aromatic carbocycles. The second-order valence-corrected chi connectivity index (χ2v) is 5.30. The second-order valence-electron chi connectivity index (χ2n) is 5.30. The quantitative estimate of drug-likeness (QED) is 0.868. The minimum atomic E-state index is -0.206. The fourth-order valence-corrected chi connectivity index (χ4v) is 2.59. The van der Waals surface area contributed by atoms with Gasteiger partial charge in [0.1, 0.15) is 11.6 Å². The van der Waals surface area contributed by atoms with E-state index >= 15 is 0 Å². The lowest BCUT2D eigenvalue weighted by molar-refractivity contribution is 0.0495. The van der Waals surface area contributed by atoms with Gasteiger partial charge in [0.05, 0.1) is 6.61 Å². The summed E-state index contributed by atoms with van der Waals surface area (Å²) in [5.74, 6) is 0.960. The van der Waals surface area contributed by atoms with Crippen molar-refractivity contribution in [3.8, 4) is 5.75 Å². The molecule has 0 saturated carbocycles. The predicted molar refractivity (Wildman–Crippen MR) is 77.5 cm³/mol. The number of nitrogens with one attached hydrogen (secondary N) is 1. The van der Waals surface area contributed by atoms with Crippen LogP contribution in [0.4, 0.5) is 4.39 Å². The number of benzene rings is 1. The Kier molecular flexibility index (Phi) is 5.80. The van der Waals surface area contributed by atoms with Gasteiger partial charge in [-0.1, -0.05) is 13.0 Å². The summed E-state index contributed by atoms with van der Waals surface area (Å²) in [6, 6.07) is 5.00. The zero-order valence-corrected chi connectivity index (χ0v) is 12.3. The van der Waals surface area contributed by atoms with Crippen molar-refractivity contribution in [1.29, 1.82) is 0 Å². The van der Waals surface area contributed by atoms with Crippen molar-refractivity contribution >= 4 is 0 Å². The minimum Gasteiger partial charge on any atom is -0.493 e. The predicted octanol–water partition coefficient (Wildman–Crippen LogP) is 3.30. The number of hydrogen-bond donors (Lipinski definition) is 1. The lowest BCUT2D eigenvalue weighted by atomic mass is 10.0. The van der Waals surface area contributed by atoms with Crippen LogP contribution in [0, 0.1) is 11.7 Å². The van der Waals surface area contributed by atoms with Crippen LogP contribution in [0.5, 0.6) is 5.75 Å². The standard InChI is InChI=1S/C16H24FNO2/c1-3-18-12(2)16-14(17)5-4-6-15(16)20-11-13-7-9-19-10-8-13/h4-6,12-13,18H,3,7-11H2,1-2H3. The van der Waals surface area contributed by atoms with E-state index in [4.69, 9.17) is 9.47 Å². The zero-order chi connectivity index (χ0) is 14.4. The van der Waals surface area contributed by atoms with Crippen LogP contribution in [0.3, 0.4) is 0 Å². The van der Waals surface area contributed by atoms with Crippen LogP contribution in [0.1, 0.15) is 38.3 Å². The molecule has 112 valence electrons. The molecule has 1 fully saturated rings. The van der Waals surface area contributed by atoms with Crippen molar-refractivity contribution in [1.82, 2.24) is 5.32 Å². The van der Waals surface area contributed by atoms with Gasteiger partial charge in [0.25, 0.3) is 0 Å². The third kappa shape index (κ3) is 3.93. The first kappa shape index (κ1) is 15.3. The van der Waals surface area contributed by atoms with Crippen LogP contribution in [0.2, 0.25) is 0 Å². The zero-order valence-electron chi connectivity index (χ0n) is 12.3. The molecule has 1 unspecified atom stereocenters. The summed E-state index contributed by atoms with van der Waals surface area (Å²) in [6.07, 6.45) is 2.04. The molecule has 0 amide bonds. The highest BCUT2D eigenvalue weighted by Crippen LogP contribution is 2.29. The molecule has 1 N–H and O–H groups in total. The van der Waals surface area contributed by atoms with Gasteiger partial charge in [-0.25, -0.2) is 4.39 Å². The third-order valence-corrected chi connectivity index (χ3v) is 3.77. The summed E-state index contributed by atoms with van der Waals surface area (Å²) in [5, 5.41) is 3.24. The largest absolute Gasteiger partial charge is 0.493 e. The fraction of sp³-hybridized carbons (Fsp3) is 0.625. The molecule has 0 bridgehead atoms. The SMILES string of the molecule is CCNC(C)c1c(F)cccc1OCC1CCOCC1. The Morgan fingerprint density at radius 3 is 2.85 bits per heavy atom. The van der Waals surface area contributed by atoms with Crippen molar-refractivity contribution < 1.29 is 13.9 Å². The molecule has 20 heavy (non-hydrogen) atoms. The Morgan fingerprint density at radius 1 is 1.40 bits per heavy atom. The molecule has 1 saturated heterocycles. The van der Waals surface area contributed by atoms with E-state index in [0.717, 1.165) is 32.6 Å². The Labute approximate surface area is 120 Å². The molecule has 0 radical (unpaired) electrons. The normalized spacial score (nSPS) is 17.9. The molecule has 1 aliphatic rings. The Bertz CT molecular complexity index is 419. The van der Waals surface area contributed by atoms with Crippen LogP contribution < -0.4 is 10.1 Å². The highest BCUT2D eigenvalue weighted by Gasteiger charge is 2.19. The molecule has 1 atom stereocenters. The smallest absolute Gasteiger partial charge is 0.131 e. The van der Waals surface area contributed by atoms with Gasteiger partial charge in [-0.05, 0) is 44.4 Å². The van der Waals surface area contributed by atoms with Crippen molar-refractivity contribution in [2.75, 3.05) is 26.4 Å². The summed E-state index contributed by atoms with van der Waals surface area (Å²) in [4.78, 5) is 0. The molecule has 0 aromatic heterocycles. The van der Waals surface area contributed by atoms with Crippen molar-refractivity contribution in [3.63, 3.8) is 0 Å². The van der Waals surface area contributed by atoms with Gasteiger partial charge < -0.3 is 14.8 Å². The van der Waals surface area contributed by atoms with Gasteiger partial charge in [0, 0.05) is 24.8 Å². The lowest BCUT2D eigenvalue weighted by Crippen LogP contribution is -2.23. The lowest BCUT2D eigenvalue weighted by Gasteiger charge is -2.24. The molecule has 4 heteroatoms. The van der Waals surface area contributed by atoms with E-state index < -0.39 is 0 Å². The van der Waals surface area contributed by atoms with Crippen LogP contribution >= 0.6 is 0 Å². The fourth-order valence-electron chi connectivity index (χ4n) is 2.59. The van der Waals surface area contributed by atoms with Gasteiger partial charge in [-0.2, -0.15) is 0 Å². The maximum absolute atomic E-state index is 14.0. The van der Waals surface area contributed by atoms with Crippen LogP contribution in [0.15, 0.2) is 18.2 Å². The number of halogens is 1. The van der Waals surface area contributed by atoms with E-state index in [1.54, 1.807) is 6.07 Å². The Hall–Kier alpha value is -1.13. The van der Waals surface area contributed by atoms with Crippen LogP contribution in [0.25, 0.3) is 0 Å². The van der Waals surface area contributed by atoms with Gasteiger partial charge in [0.15, 0.2) is 0 Å². The average Bonchev–Trinajstić information content (AvgIpc) is 2.46. The van der Waals surface area contributed by atoms with E-state index in [1.165, 1.54) is 6.07 Å². The van der Waals surface area contributed by atoms with Gasteiger partial charge in [-0.3, -0.25) is 0 Å². The van der Waals surface area contributed by atoms with Gasteiger partial charge in [-0.15, -0.1) is 0 Å². The monoisotopic (exact) mass is 281 g/mol. The Morgan fingerprint density at radius 2 is 2.15 bits per heavy atom. The molecule has 3 nitrogen and oxygen atoms in total. The molecule has 1 aromatic rings. The Balaban J connectivity index is 2.04. The first-order chi connectivity index (χ1) is 9.72. The molecule has 0 aliphatic carbocycles.